The number of nitrogens with zero attached hydrogens (tertiary/aromatic N) is 1. The van der Waals surface area contributed by atoms with Crippen molar-refractivity contribution in [1.82, 2.24) is 4.90 Å². The summed E-state index contributed by atoms with van der Waals surface area (Å²) in [5, 5.41) is 0.506. The maximum absolute atomic E-state index is 12.2. The topological polar surface area (TPSA) is 59.5 Å². The van der Waals surface area contributed by atoms with Crippen LogP contribution in [0.2, 0.25) is 5.02 Å². The smallest absolute Gasteiger partial charge is 0.256 e. The van der Waals surface area contributed by atoms with Gasteiger partial charge in [-0.3, -0.25) is 4.79 Å². The van der Waals surface area contributed by atoms with Gasteiger partial charge in [-0.2, -0.15) is 0 Å². The Hall–Kier alpha value is -1.46. The SMILES string of the molecule is CN(Cc1ccc(Br)o1)C(=O)c1ccc(Cl)cc1N. The Bertz CT molecular complexity index is 612. The predicted molar refractivity (Wildman–Crippen MR) is 78.1 cm³/mol. The molecule has 2 rings (SSSR count). The first-order valence-corrected chi connectivity index (χ1v) is 6.69. The fourth-order valence-corrected chi connectivity index (χ4v) is 2.20. The fraction of sp³-hybridized carbons (Fsp3) is 0.154. The molecule has 0 unspecified atom stereocenters. The van der Waals surface area contributed by atoms with Crippen LogP contribution in [-0.2, 0) is 6.54 Å². The molecule has 0 aliphatic rings. The summed E-state index contributed by atoms with van der Waals surface area (Å²) in [4.78, 5) is 13.8. The molecule has 100 valence electrons. The zero-order valence-corrected chi connectivity index (χ0v) is 12.5. The van der Waals surface area contributed by atoms with E-state index in [-0.39, 0.29) is 5.91 Å². The summed E-state index contributed by atoms with van der Waals surface area (Å²) in [6, 6.07) is 8.41. The normalized spacial score (nSPS) is 10.5. The van der Waals surface area contributed by atoms with E-state index in [2.05, 4.69) is 15.9 Å². The summed E-state index contributed by atoms with van der Waals surface area (Å²) < 4.78 is 5.99. The highest BCUT2D eigenvalue weighted by Crippen LogP contribution is 2.21. The van der Waals surface area contributed by atoms with E-state index in [1.807, 2.05) is 0 Å². The van der Waals surface area contributed by atoms with E-state index < -0.39 is 0 Å². The quantitative estimate of drug-likeness (QED) is 0.867. The predicted octanol–water partition coefficient (Wildman–Crippen LogP) is 3.55. The first-order chi connectivity index (χ1) is 8.97. The van der Waals surface area contributed by atoms with Crippen LogP contribution in [0.4, 0.5) is 5.69 Å². The van der Waals surface area contributed by atoms with Crippen LogP contribution in [-0.4, -0.2) is 17.9 Å². The third kappa shape index (κ3) is 3.30. The van der Waals surface area contributed by atoms with Gasteiger partial charge in [-0.05, 0) is 46.3 Å². The maximum atomic E-state index is 12.2. The fourth-order valence-electron chi connectivity index (χ4n) is 1.68. The molecule has 0 fully saturated rings. The average molecular weight is 344 g/mol. The molecule has 0 spiro atoms. The van der Waals surface area contributed by atoms with Crippen LogP contribution >= 0.6 is 27.5 Å². The van der Waals surface area contributed by atoms with Gasteiger partial charge in [0.05, 0.1) is 12.1 Å². The molecular formula is C13H12BrClN2O2. The monoisotopic (exact) mass is 342 g/mol. The largest absolute Gasteiger partial charge is 0.452 e. The summed E-state index contributed by atoms with van der Waals surface area (Å²) in [6.07, 6.45) is 0. The van der Waals surface area contributed by atoms with Crippen molar-refractivity contribution in [2.24, 2.45) is 0 Å². The Labute approximate surface area is 124 Å². The molecule has 1 amide bonds. The number of nitrogen functional groups attached to an aromatic ring is 1. The van der Waals surface area contributed by atoms with E-state index in [1.165, 1.54) is 4.90 Å². The van der Waals surface area contributed by atoms with Gasteiger partial charge in [-0.1, -0.05) is 11.6 Å². The van der Waals surface area contributed by atoms with Crippen molar-refractivity contribution < 1.29 is 9.21 Å². The van der Waals surface area contributed by atoms with Gasteiger partial charge in [0.2, 0.25) is 0 Å². The summed E-state index contributed by atoms with van der Waals surface area (Å²) in [5.74, 6) is 0.511. The molecule has 0 bridgehead atoms. The van der Waals surface area contributed by atoms with Gasteiger partial charge in [0.1, 0.15) is 5.76 Å². The summed E-state index contributed by atoms with van der Waals surface area (Å²) in [7, 11) is 1.69. The van der Waals surface area contributed by atoms with Gasteiger partial charge in [0.15, 0.2) is 4.67 Å². The number of hydrogen-bond donors (Lipinski definition) is 1. The van der Waals surface area contributed by atoms with E-state index in [9.17, 15) is 4.79 Å². The number of furan rings is 1. The third-order valence-corrected chi connectivity index (χ3v) is 3.27. The van der Waals surface area contributed by atoms with Gasteiger partial charge in [0.25, 0.3) is 5.91 Å². The second-order valence-corrected chi connectivity index (χ2v) is 5.32. The van der Waals surface area contributed by atoms with E-state index in [0.717, 1.165) is 0 Å². The number of nitrogens with two attached hydrogens (primary N) is 1. The molecule has 1 aromatic carbocycles. The Morgan fingerprint density at radius 2 is 2.16 bits per heavy atom. The van der Waals surface area contributed by atoms with Crippen LogP contribution in [0.1, 0.15) is 16.1 Å². The van der Waals surface area contributed by atoms with Gasteiger partial charge in [0, 0.05) is 17.8 Å². The van der Waals surface area contributed by atoms with Gasteiger partial charge < -0.3 is 15.1 Å². The number of carbonyl (C=O) groups excluding carboxylic acids is 1. The number of hydrogen-bond acceptors (Lipinski definition) is 3. The molecule has 0 aliphatic heterocycles. The van der Waals surface area contributed by atoms with Crippen molar-refractivity contribution in [2.45, 2.75) is 6.54 Å². The molecule has 0 aliphatic carbocycles. The summed E-state index contributed by atoms with van der Waals surface area (Å²) >= 11 is 9.03. The van der Waals surface area contributed by atoms with Crippen molar-refractivity contribution in [3.63, 3.8) is 0 Å². The lowest BCUT2D eigenvalue weighted by Crippen LogP contribution is -2.26. The first kappa shape index (κ1) is 14.0. The van der Waals surface area contributed by atoms with Crippen LogP contribution in [0.3, 0.4) is 0 Å². The van der Waals surface area contributed by atoms with Gasteiger partial charge >= 0.3 is 0 Å². The minimum absolute atomic E-state index is 0.179. The van der Waals surface area contributed by atoms with E-state index in [1.54, 1.807) is 37.4 Å². The van der Waals surface area contributed by atoms with Crippen LogP contribution in [0.25, 0.3) is 0 Å². The molecule has 0 saturated heterocycles. The van der Waals surface area contributed by atoms with Crippen molar-refractivity contribution in [3.05, 3.63) is 51.3 Å². The van der Waals surface area contributed by atoms with Crippen LogP contribution in [0.15, 0.2) is 39.4 Å². The number of benzene rings is 1. The molecule has 4 nitrogen and oxygen atoms in total. The highest BCUT2D eigenvalue weighted by Gasteiger charge is 2.16. The third-order valence-electron chi connectivity index (χ3n) is 2.61. The number of amides is 1. The Balaban J connectivity index is 2.14. The van der Waals surface area contributed by atoms with Gasteiger partial charge in [-0.25, -0.2) is 0 Å². The highest BCUT2D eigenvalue weighted by molar-refractivity contribution is 9.10. The molecule has 2 aromatic rings. The van der Waals surface area contributed by atoms with Crippen molar-refractivity contribution in [2.75, 3.05) is 12.8 Å². The second-order valence-electron chi connectivity index (χ2n) is 4.10. The van der Waals surface area contributed by atoms with E-state index >= 15 is 0 Å². The second kappa shape index (κ2) is 5.67. The molecule has 2 N–H and O–H groups in total. The lowest BCUT2D eigenvalue weighted by molar-refractivity contribution is 0.0776. The molecule has 6 heteroatoms. The van der Waals surface area contributed by atoms with Crippen molar-refractivity contribution in [3.8, 4) is 0 Å². The average Bonchev–Trinajstić information content (AvgIpc) is 2.74. The zero-order valence-electron chi connectivity index (χ0n) is 10.2. The minimum atomic E-state index is -0.179. The lowest BCUT2D eigenvalue weighted by Gasteiger charge is -2.17. The van der Waals surface area contributed by atoms with E-state index in [0.29, 0.717) is 33.2 Å². The Morgan fingerprint density at radius 3 is 2.74 bits per heavy atom. The molecule has 1 aromatic heterocycles. The standard InChI is InChI=1S/C13H12BrClN2O2/c1-17(7-9-3-5-12(14)19-9)13(18)10-4-2-8(15)6-11(10)16/h2-6H,7,16H2,1H3. The number of halogens is 2. The van der Waals surface area contributed by atoms with Crippen LogP contribution in [0.5, 0.6) is 0 Å². The first-order valence-electron chi connectivity index (χ1n) is 5.52. The number of carbonyl (C=O) groups is 1. The summed E-state index contributed by atoms with van der Waals surface area (Å²) in [5.41, 5.74) is 6.59. The number of rotatable bonds is 3. The molecule has 19 heavy (non-hydrogen) atoms. The summed E-state index contributed by atoms with van der Waals surface area (Å²) in [6.45, 7) is 0.368. The Morgan fingerprint density at radius 1 is 1.42 bits per heavy atom. The highest BCUT2D eigenvalue weighted by atomic mass is 79.9. The molecule has 0 saturated carbocycles. The van der Waals surface area contributed by atoms with Gasteiger partial charge in [-0.15, -0.1) is 0 Å². The van der Waals surface area contributed by atoms with Crippen LogP contribution in [0, 0.1) is 0 Å². The van der Waals surface area contributed by atoms with Crippen molar-refractivity contribution in [1.29, 1.82) is 0 Å². The van der Waals surface area contributed by atoms with Crippen molar-refractivity contribution >= 4 is 39.1 Å². The molecular weight excluding hydrogens is 332 g/mol. The maximum Gasteiger partial charge on any atom is 0.256 e. The number of anilines is 1. The molecule has 1 heterocycles. The molecule has 0 radical (unpaired) electrons. The minimum Gasteiger partial charge on any atom is -0.452 e. The van der Waals surface area contributed by atoms with Crippen LogP contribution < -0.4 is 5.73 Å². The zero-order chi connectivity index (χ0) is 14.0. The lowest BCUT2D eigenvalue weighted by atomic mass is 10.1. The van der Waals surface area contributed by atoms with E-state index in [4.69, 9.17) is 21.8 Å². The Kier molecular flexibility index (Phi) is 4.17. The molecule has 0 atom stereocenters.